The lowest BCUT2D eigenvalue weighted by atomic mass is 10.1. The number of amides is 1. The highest BCUT2D eigenvalue weighted by Crippen LogP contribution is 2.21. The van der Waals surface area contributed by atoms with E-state index in [9.17, 15) is 13.2 Å². The zero-order chi connectivity index (χ0) is 21.6. The summed E-state index contributed by atoms with van der Waals surface area (Å²) in [5.74, 6) is 0.522. The Morgan fingerprint density at radius 3 is 2.43 bits per heavy atom. The first-order valence-corrected chi connectivity index (χ1v) is 11.9. The van der Waals surface area contributed by atoms with Gasteiger partial charge < -0.3 is 10.1 Å². The largest absolute Gasteiger partial charge is 0.484 e. The highest BCUT2D eigenvalue weighted by molar-refractivity contribution is 7.89. The Balaban J connectivity index is 1.42. The topological polar surface area (TPSA) is 84.5 Å². The fourth-order valence-electron chi connectivity index (χ4n) is 3.67. The smallest absolute Gasteiger partial charge is 0.257 e. The molecule has 0 heterocycles. The molecule has 0 saturated heterocycles. The van der Waals surface area contributed by atoms with Crippen molar-refractivity contribution >= 4 is 15.9 Å². The average molecular weight is 431 g/mol. The number of rotatable bonds is 9. The van der Waals surface area contributed by atoms with Gasteiger partial charge in [0.2, 0.25) is 10.0 Å². The Hall–Kier alpha value is -2.38. The maximum Gasteiger partial charge on any atom is 0.257 e. The normalized spacial score (nSPS) is 14.6. The number of carbonyl (C=O) groups is 1. The fourth-order valence-corrected chi connectivity index (χ4v) is 4.97. The van der Waals surface area contributed by atoms with E-state index >= 15 is 0 Å². The number of benzene rings is 2. The number of carbonyl (C=O) groups excluding carboxylic acids is 1. The van der Waals surface area contributed by atoms with E-state index in [1.165, 1.54) is 0 Å². The molecule has 30 heavy (non-hydrogen) atoms. The van der Waals surface area contributed by atoms with Gasteiger partial charge in [0.1, 0.15) is 5.75 Å². The van der Waals surface area contributed by atoms with E-state index in [4.69, 9.17) is 4.74 Å². The molecule has 0 bridgehead atoms. The van der Waals surface area contributed by atoms with Crippen LogP contribution in [0.5, 0.6) is 5.75 Å². The Bertz CT molecular complexity index is 965. The maximum absolute atomic E-state index is 12.5. The molecule has 0 aliphatic heterocycles. The minimum Gasteiger partial charge on any atom is -0.484 e. The molecule has 0 atom stereocenters. The van der Waals surface area contributed by atoms with Crippen molar-refractivity contribution in [1.82, 2.24) is 10.0 Å². The predicted octanol–water partition coefficient (Wildman–Crippen LogP) is 3.26. The van der Waals surface area contributed by atoms with Gasteiger partial charge in [-0.1, -0.05) is 42.7 Å². The zero-order valence-corrected chi connectivity index (χ0v) is 18.4. The lowest BCUT2D eigenvalue weighted by Crippen LogP contribution is -2.32. The van der Waals surface area contributed by atoms with Gasteiger partial charge in [-0.2, -0.15) is 0 Å². The lowest BCUT2D eigenvalue weighted by molar-refractivity contribution is -0.123. The number of hydrogen-bond acceptors (Lipinski definition) is 4. The van der Waals surface area contributed by atoms with Crippen LogP contribution in [0, 0.1) is 13.8 Å². The molecule has 0 radical (unpaired) electrons. The molecule has 1 aliphatic carbocycles. The summed E-state index contributed by atoms with van der Waals surface area (Å²) in [7, 11) is -3.47. The van der Waals surface area contributed by atoms with Crippen molar-refractivity contribution in [3.8, 4) is 5.75 Å². The van der Waals surface area contributed by atoms with E-state index in [-0.39, 0.29) is 23.5 Å². The van der Waals surface area contributed by atoms with Crippen molar-refractivity contribution in [2.45, 2.75) is 56.9 Å². The summed E-state index contributed by atoms with van der Waals surface area (Å²) in [5, 5.41) is 2.83. The first-order chi connectivity index (χ1) is 14.3. The van der Waals surface area contributed by atoms with Crippen LogP contribution in [0.3, 0.4) is 0 Å². The van der Waals surface area contributed by atoms with E-state index in [0.29, 0.717) is 18.7 Å². The summed E-state index contributed by atoms with van der Waals surface area (Å²) in [4.78, 5) is 12.3. The molecule has 1 amide bonds. The van der Waals surface area contributed by atoms with Crippen LogP contribution in [0.4, 0.5) is 0 Å². The van der Waals surface area contributed by atoms with Gasteiger partial charge in [-0.15, -0.1) is 0 Å². The second-order valence-corrected chi connectivity index (χ2v) is 9.62. The van der Waals surface area contributed by atoms with Gasteiger partial charge >= 0.3 is 0 Å². The van der Waals surface area contributed by atoms with Gasteiger partial charge in [-0.3, -0.25) is 4.79 Å². The third-order valence-electron chi connectivity index (χ3n) is 5.34. The molecule has 2 N–H and O–H groups in total. The fraction of sp³-hybridized carbons (Fsp3) is 0.435. The molecule has 162 valence electrons. The summed E-state index contributed by atoms with van der Waals surface area (Å²) >= 11 is 0. The standard InChI is InChI=1S/C23H30N2O4S/c1-17-7-12-22(18(2)15-17)29-16-23(26)24-14-13-19-8-10-21(11-9-19)30(27,28)25-20-5-3-4-6-20/h7-12,15,20,25H,3-6,13-14,16H2,1-2H3,(H,24,26). The van der Waals surface area contributed by atoms with Gasteiger partial charge in [-0.05, 0) is 62.4 Å². The summed E-state index contributed by atoms with van der Waals surface area (Å²) in [6.07, 6.45) is 4.58. The number of aryl methyl sites for hydroxylation is 2. The van der Waals surface area contributed by atoms with Crippen molar-refractivity contribution in [3.05, 3.63) is 59.2 Å². The van der Waals surface area contributed by atoms with Crippen LogP contribution in [0.25, 0.3) is 0 Å². The van der Waals surface area contributed by atoms with Crippen molar-refractivity contribution < 1.29 is 17.9 Å². The number of ether oxygens (including phenoxy) is 1. The second kappa shape index (κ2) is 10.1. The van der Waals surface area contributed by atoms with Crippen molar-refractivity contribution in [3.63, 3.8) is 0 Å². The Morgan fingerprint density at radius 2 is 1.77 bits per heavy atom. The van der Waals surface area contributed by atoms with E-state index in [1.54, 1.807) is 24.3 Å². The van der Waals surface area contributed by atoms with Gasteiger partial charge in [0.15, 0.2) is 6.61 Å². The van der Waals surface area contributed by atoms with Crippen LogP contribution in [-0.4, -0.2) is 33.5 Å². The van der Waals surface area contributed by atoms with Gasteiger partial charge in [-0.25, -0.2) is 13.1 Å². The van der Waals surface area contributed by atoms with E-state index < -0.39 is 10.0 Å². The molecule has 2 aromatic rings. The molecule has 0 spiro atoms. The highest BCUT2D eigenvalue weighted by atomic mass is 32.2. The number of nitrogens with one attached hydrogen (secondary N) is 2. The van der Waals surface area contributed by atoms with E-state index in [0.717, 1.165) is 42.4 Å². The average Bonchev–Trinajstić information content (AvgIpc) is 3.20. The van der Waals surface area contributed by atoms with Crippen LogP contribution >= 0.6 is 0 Å². The molecule has 0 aromatic heterocycles. The Labute approximate surface area is 179 Å². The van der Waals surface area contributed by atoms with Crippen LogP contribution in [0.2, 0.25) is 0 Å². The third kappa shape index (κ3) is 6.31. The molecular weight excluding hydrogens is 400 g/mol. The minimum atomic E-state index is -3.47. The minimum absolute atomic E-state index is 0.0338. The first kappa shape index (κ1) is 22.3. The first-order valence-electron chi connectivity index (χ1n) is 10.4. The molecule has 3 rings (SSSR count). The van der Waals surface area contributed by atoms with Crippen molar-refractivity contribution in [2.24, 2.45) is 0 Å². The monoisotopic (exact) mass is 430 g/mol. The third-order valence-corrected chi connectivity index (χ3v) is 6.87. The number of hydrogen-bond donors (Lipinski definition) is 2. The highest BCUT2D eigenvalue weighted by Gasteiger charge is 2.22. The summed E-state index contributed by atoms with van der Waals surface area (Å²) in [6, 6.07) is 12.7. The molecule has 0 unspecified atom stereocenters. The SMILES string of the molecule is Cc1ccc(OCC(=O)NCCc2ccc(S(=O)(=O)NC3CCCC3)cc2)c(C)c1. The maximum atomic E-state index is 12.5. The quantitative estimate of drug-likeness (QED) is 0.640. The Kier molecular flexibility index (Phi) is 7.50. The molecule has 2 aromatic carbocycles. The zero-order valence-electron chi connectivity index (χ0n) is 17.6. The van der Waals surface area contributed by atoms with Gasteiger partial charge in [0.05, 0.1) is 4.90 Å². The summed E-state index contributed by atoms with van der Waals surface area (Å²) < 4.78 is 33.3. The number of sulfonamides is 1. The molecule has 7 heteroatoms. The van der Waals surface area contributed by atoms with Crippen LogP contribution in [0.1, 0.15) is 42.4 Å². The van der Waals surface area contributed by atoms with Crippen LogP contribution in [-0.2, 0) is 21.2 Å². The Morgan fingerprint density at radius 1 is 1.07 bits per heavy atom. The van der Waals surface area contributed by atoms with Crippen LogP contribution < -0.4 is 14.8 Å². The molecular formula is C23H30N2O4S. The second-order valence-electron chi connectivity index (χ2n) is 7.90. The summed E-state index contributed by atoms with van der Waals surface area (Å²) in [6.45, 7) is 4.39. The van der Waals surface area contributed by atoms with E-state index in [1.807, 2.05) is 32.0 Å². The van der Waals surface area contributed by atoms with Gasteiger partial charge in [0, 0.05) is 12.6 Å². The molecule has 1 saturated carbocycles. The van der Waals surface area contributed by atoms with Gasteiger partial charge in [0.25, 0.3) is 5.91 Å². The van der Waals surface area contributed by atoms with Crippen molar-refractivity contribution in [2.75, 3.05) is 13.2 Å². The lowest BCUT2D eigenvalue weighted by Gasteiger charge is -2.13. The van der Waals surface area contributed by atoms with Crippen LogP contribution in [0.15, 0.2) is 47.4 Å². The molecule has 1 aliphatic rings. The molecule has 6 nitrogen and oxygen atoms in total. The van der Waals surface area contributed by atoms with E-state index in [2.05, 4.69) is 10.0 Å². The summed E-state index contributed by atoms with van der Waals surface area (Å²) in [5.41, 5.74) is 3.11. The predicted molar refractivity (Wildman–Crippen MR) is 117 cm³/mol. The molecule has 1 fully saturated rings. The van der Waals surface area contributed by atoms with Crippen molar-refractivity contribution in [1.29, 1.82) is 0 Å².